The van der Waals surface area contributed by atoms with Crippen molar-refractivity contribution in [1.29, 1.82) is 0 Å². The van der Waals surface area contributed by atoms with Gasteiger partial charge in [0, 0.05) is 23.6 Å². The van der Waals surface area contributed by atoms with Gasteiger partial charge in [-0.25, -0.2) is 0 Å². The van der Waals surface area contributed by atoms with E-state index >= 15 is 0 Å². The maximum atomic E-state index is 11.8. The molecule has 0 aliphatic heterocycles. The van der Waals surface area contributed by atoms with Crippen molar-refractivity contribution in [2.45, 2.75) is 72.6 Å². The molecule has 2 N–H and O–H groups in total. The SMILES string of the molecule is CC(C)COC1CC(NCC(=O)NC(C)(C)C)C1(C)C. The van der Waals surface area contributed by atoms with Crippen LogP contribution in [0.2, 0.25) is 0 Å². The van der Waals surface area contributed by atoms with Gasteiger partial charge < -0.3 is 15.4 Å². The Kier molecular flexibility index (Phi) is 5.61. The van der Waals surface area contributed by atoms with Crippen molar-refractivity contribution in [3.63, 3.8) is 0 Å². The first-order chi connectivity index (χ1) is 9.02. The van der Waals surface area contributed by atoms with E-state index in [2.05, 4.69) is 38.3 Å². The molecule has 20 heavy (non-hydrogen) atoms. The second-order valence-electron chi connectivity index (χ2n) is 8.00. The zero-order valence-electron chi connectivity index (χ0n) is 14.2. The highest BCUT2D eigenvalue weighted by Crippen LogP contribution is 2.42. The molecule has 0 aromatic carbocycles. The molecule has 1 aliphatic carbocycles. The summed E-state index contributed by atoms with van der Waals surface area (Å²) in [6, 6.07) is 0.352. The summed E-state index contributed by atoms with van der Waals surface area (Å²) in [5, 5.41) is 6.33. The topological polar surface area (TPSA) is 50.4 Å². The molecule has 118 valence electrons. The predicted molar refractivity (Wildman–Crippen MR) is 82.7 cm³/mol. The summed E-state index contributed by atoms with van der Waals surface area (Å²) in [5.74, 6) is 0.621. The summed E-state index contributed by atoms with van der Waals surface area (Å²) in [7, 11) is 0. The maximum Gasteiger partial charge on any atom is 0.234 e. The van der Waals surface area contributed by atoms with Gasteiger partial charge in [-0.2, -0.15) is 0 Å². The number of rotatable bonds is 6. The highest BCUT2D eigenvalue weighted by molar-refractivity contribution is 5.78. The fourth-order valence-electron chi connectivity index (χ4n) is 2.50. The van der Waals surface area contributed by atoms with Crippen molar-refractivity contribution in [3.05, 3.63) is 0 Å². The molecule has 1 rings (SSSR count). The Morgan fingerprint density at radius 3 is 2.40 bits per heavy atom. The van der Waals surface area contributed by atoms with Crippen LogP contribution in [0.1, 0.15) is 54.9 Å². The van der Waals surface area contributed by atoms with E-state index in [0.717, 1.165) is 13.0 Å². The van der Waals surface area contributed by atoms with Crippen LogP contribution in [-0.2, 0) is 9.53 Å². The average molecular weight is 284 g/mol. The Balaban J connectivity index is 2.32. The van der Waals surface area contributed by atoms with Gasteiger partial charge in [-0.05, 0) is 33.1 Å². The lowest BCUT2D eigenvalue weighted by Crippen LogP contribution is -2.62. The monoisotopic (exact) mass is 284 g/mol. The summed E-state index contributed by atoms with van der Waals surface area (Å²) >= 11 is 0. The van der Waals surface area contributed by atoms with E-state index in [1.54, 1.807) is 0 Å². The molecule has 0 heterocycles. The molecule has 0 spiro atoms. The highest BCUT2D eigenvalue weighted by atomic mass is 16.5. The van der Waals surface area contributed by atoms with Crippen molar-refractivity contribution in [3.8, 4) is 0 Å². The quantitative estimate of drug-likeness (QED) is 0.787. The predicted octanol–water partition coefficient (Wildman–Crippen LogP) is 2.33. The van der Waals surface area contributed by atoms with Gasteiger partial charge in [-0.3, -0.25) is 4.79 Å². The fraction of sp³-hybridized carbons (Fsp3) is 0.938. The van der Waals surface area contributed by atoms with E-state index in [4.69, 9.17) is 4.74 Å². The van der Waals surface area contributed by atoms with Gasteiger partial charge in [-0.1, -0.05) is 27.7 Å². The molecule has 4 nitrogen and oxygen atoms in total. The number of ether oxygens (including phenoxy) is 1. The maximum absolute atomic E-state index is 11.8. The molecule has 0 saturated heterocycles. The molecule has 4 heteroatoms. The molecule has 2 unspecified atom stereocenters. The second-order valence-corrected chi connectivity index (χ2v) is 8.00. The van der Waals surface area contributed by atoms with E-state index < -0.39 is 0 Å². The van der Waals surface area contributed by atoms with Gasteiger partial charge in [0.15, 0.2) is 0 Å². The van der Waals surface area contributed by atoms with Crippen LogP contribution in [0.3, 0.4) is 0 Å². The smallest absolute Gasteiger partial charge is 0.234 e. The van der Waals surface area contributed by atoms with E-state index in [9.17, 15) is 4.79 Å². The zero-order valence-corrected chi connectivity index (χ0v) is 14.2. The Labute approximate surface area is 124 Å². The third-order valence-corrected chi connectivity index (χ3v) is 3.83. The van der Waals surface area contributed by atoms with Crippen molar-refractivity contribution in [2.24, 2.45) is 11.3 Å². The fourth-order valence-corrected chi connectivity index (χ4v) is 2.50. The Morgan fingerprint density at radius 2 is 1.95 bits per heavy atom. The van der Waals surface area contributed by atoms with E-state index in [-0.39, 0.29) is 16.9 Å². The number of amides is 1. The van der Waals surface area contributed by atoms with Gasteiger partial charge >= 0.3 is 0 Å². The third kappa shape index (κ3) is 5.06. The van der Waals surface area contributed by atoms with E-state index in [1.165, 1.54) is 0 Å². The number of nitrogens with one attached hydrogen (secondary N) is 2. The summed E-state index contributed by atoms with van der Waals surface area (Å²) in [5.41, 5.74) is -0.0757. The van der Waals surface area contributed by atoms with Crippen LogP contribution in [0, 0.1) is 11.3 Å². The third-order valence-electron chi connectivity index (χ3n) is 3.83. The van der Waals surface area contributed by atoms with Gasteiger partial charge in [0.2, 0.25) is 5.91 Å². The zero-order chi connectivity index (χ0) is 15.6. The van der Waals surface area contributed by atoms with Crippen LogP contribution in [0.25, 0.3) is 0 Å². The number of hydrogen-bond acceptors (Lipinski definition) is 3. The first-order valence-electron chi connectivity index (χ1n) is 7.68. The lowest BCUT2D eigenvalue weighted by Gasteiger charge is -2.52. The van der Waals surface area contributed by atoms with Crippen LogP contribution in [-0.4, -0.2) is 36.7 Å². The van der Waals surface area contributed by atoms with Crippen LogP contribution >= 0.6 is 0 Å². The molecule has 0 aromatic rings. The minimum atomic E-state index is -0.170. The van der Waals surface area contributed by atoms with E-state index in [1.807, 2.05) is 20.8 Å². The molecule has 1 aliphatic rings. The summed E-state index contributed by atoms with van der Waals surface area (Å²) < 4.78 is 5.93. The lowest BCUT2D eigenvalue weighted by atomic mass is 9.64. The van der Waals surface area contributed by atoms with Crippen molar-refractivity contribution in [1.82, 2.24) is 10.6 Å². The van der Waals surface area contributed by atoms with Crippen LogP contribution in [0.15, 0.2) is 0 Å². The van der Waals surface area contributed by atoms with Crippen LogP contribution in [0.4, 0.5) is 0 Å². The minimum absolute atomic E-state index is 0.0554. The molecule has 1 saturated carbocycles. The number of hydrogen-bond donors (Lipinski definition) is 2. The highest BCUT2D eigenvalue weighted by Gasteiger charge is 2.48. The largest absolute Gasteiger partial charge is 0.377 e. The molecule has 0 bridgehead atoms. The summed E-state index contributed by atoms with van der Waals surface area (Å²) in [4.78, 5) is 11.8. The lowest BCUT2D eigenvalue weighted by molar-refractivity contribution is -0.130. The van der Waals surface area contributed by atoms with Crippen LogP contribution < -0.4 is 10.6 Å². The molecular formula is C16H32N2O2. The number of carbonyl (C=O) groups excluding carboxylic acids is 1. The molecular weight excluding hydrogens is 252 g/mol. The van der Waals surface area contributed by atoms with Gasteiger partial charge in [0.25, 0.3) is 0 Å². The Morgan fingerprint density at radius 1 is 1.35 bits per heavy atom. The molecule has 0 aromatic heterocycles. The van der Waals surface area contributed by atoms with Crippen LogP contribution in [0.5, 0.6) is 0 Å². The second kappa shape index (κ2) is 6.44. The molecule has 0 radical (unpaired) electrons. The standard InChI is InChI=1S/C16H32N2O2/c1-11(2)10-20-13-8-12(16(13,6)7)17-9-14(19)18-15(3,4)5/h11-13,17H,8-10H2,1-7H3,(H,18,19). The summed E-state index contributed by atoms with van der Waals surface area (Å²) in [6.07, 6.45) is 1.29. The van der Waals surface area contributed by atoms with Gasteiger partial charge in [0.05, 0.1) is 12.6 Å². The normalized spacial score (nSPS) is 25.4. The van der Waals surface area contributed by atoms with Gasteiger partial charge in [-0.15, -0.1) is 0 Å². The number of carbonyl (C=O) groups is 1. The molecule has 1 fully saturated rings. The Bertz CT molecular complexity index is 332. The average Bonchev–Trinajstić information content (AvgIpc) is 2.23. The van der Waals surface area contributed by atoms with Crippen molar-refractivity contribution >= 4 is 5.91 Å². The van der Waals surface area contributed by atoms with Crippen molar-refractivity contribution < 1.29 is 9.53 Å². The van der Waals surface area contributed by atoms with Gasteiger partial charge in [0.1, 0.15) is 0 Å². The minimum Gasteiger partial charge on any atom is -0.377 e. The first kappa shape index (κ1) is 17.4. The first-order valence-corrected chi connectivity index (χ1v) is 7.68. The van der Waals surface area contributed by atoms with Crippen molar-refractivity contribution in [2.75, 3.05) is 13.2 Å². The summed E-state index contributed by atoms with van der Waals surface area (Å²) in [6.45, 7) is 15.9. The molecule has 1 amide bonds. The molecule has 2 atom stereocenters. The Hall–Kier alpha value is -0.610. The van der Waals surface area contributed by atoms with E-state index in [0.29, 0.717) is 24.6 Å².